The summed E-state index contributed by atoms with van der Waals surface area (Å²) in [4.78, 5) is 11.2. The monoisotopic (exact) mass is 226 g/mol. The zero-order valence-electron chi connectivity index (χ0n) is 10.6. The van der Waals surface area contributed by atoms with E-state index in [1.165, 1.54) is 0 Å². The van der Waals surface area contributed by atoms with Gasteiger partial charge in [0.05, 0.1) is 0 Å². The Balaban J connectivity index is 3.50. The minimum Gasteiger partial charge on any atom is -0.444 e. The second-order valence-corrected chi connectivity index (χ2v) is 4.39. The highest BCUT2D eigenvalue weighted by Gasteiger charge is 2.14. The minimum absolute atomic E-state index is 0.385. The number of nitrogens with one attached hydrogen (secondary N) is 2. The summed E-state index contributed by atoms with van der Waals surface area (Å²) in [7, 11) is 1.89. The number of ether oxygens (including phenoxy) is 1. The Hall–Kier alpha value is -1.21. The third-order valence-electron chi connectivity index (χ3n) is 1.54. The number of rotatable bonds is 4. The Labute approximate surface area is 98.1 Å². The normalized spacial score (nSPS) is 10.2. The van der Waals surface area contributed by atoms with Gasteiger partial charge in [-0.3, -0.25) is 0 Å². The Morgan fingerprint density at radius 3 is 2.25 bits per heavy atom. The predicted octanol–water partition coefficient (Wildman–Crippen LogP) is 1.51. The highest BCUT2D eigenvalue weighted by Crippen LogP contribution is 2.06. The van der Waals surface area contributed by atoms with Crippen LogP contribution >= 0.6 is 0 Å². The van der Waals surface area contributed by atoms with Gasteiger partial charge in [-0.25, -0.2) is 4.79 Å². The van der Waals surface area contributed by atoms with Crippen LogP contribution in [0.3, 0.4) is 0 Å². The Morgan fingerprint density at radius 2 is 1.75 bits per heavy atom. The number of carbonyl (C=O) groups excluding carboxylic acids is 1. The molecule has 0 aromatic rings. The molecule has 0 rings (SSSR count). The lowest BCUT2D eigenvalue weighted by atomic mass is 10.2. The van der Waals surface area contributed by atoms with Gasteiger partial charge in [0.25, 0.3) is 0 Å². The molecule has 0 aromatic carbocycles. The summed E-state index contributed by atoms with van der Waals surface area (Å²) in [6, 6.07) is 0. The topological polar surface area (TPSA) is 50.4 Å². The SMILES string of the molecule is CNCCC#CCCNC(=O)OC(C)(C)C. The first-order valence-corrected chi connectivity index (χ1v) is 5.53. The van der Waals surface area contributed by atoms with E-state index in [4.69, 9.17) is 4.74 Å². The second kappa shape index (κ2) is 8.00. The lowest BCUT2D eigenvalue weighted by Gasteiger charge is -2.19. The van der Waals surface area contributed by atoms with Gasteiger partial charge in [0, 0.05) is 25.9 Å². The number of hydrogen-bond acceptors (Lipinski definition) is 3. The first-order valence-electron chi connectivity index (χ1n) is 5.53. The largest absolute Gasteiger partial charge is 0.444 e. The van der Waals surface area contributed by atoms with Crippen molar-refractivity contribution in [1.82, 2.24) is 10.6 Å². The molecule has 0 aliphatic carbocycles. The molecule has 92 valence electrons. The molecular weight excluding hydrogens is 204 g/mol. The fourth-order valence-electron chi connectivity index (χ4n) is 0.906. The van der Waals surface area contributed by atoms with Crippen LogP contribution in [-0.2, 0) is 4.74 Å². The molecule has 0 saturated heterocycles. The van der Waals surface area contributed by atoms with Crippen LogP contribution in [0.15, 0.2) is 0 Å². The van der Waals surface area contributed by atoms with E-state index in [1.54, 1.807) is 0 Å². The third-order valence-corrected chi connectivity index (χ3v) is 1.54. The van der Waals surface area contributed by atoms with E-state index >= 15 is 0 Å². The highest BCUT2D eigenvalue weighted by molar-refractivity contribution is 5.67. The minimum atomic E-state index is -0.442. The van der Waals surface area contributed by atoms with Crippen LogP contribution in [0.25, 0.3) is 0 Å². The van der Waals surface area contributed by atoms with Crippen LogP contribution in [0.2, 0.25) is 0 Å². The molecule has 0 spiro atoms. The molecular formula is C12H22N2O2. The Morgan fingerprint density at radius 1 is 1.19 bits per heavy atom. The van der Waals surface area contributed by atoms with Gasteiger partial charge in [0.2, 0.25) is 0 Å². The summed E-state index contributed by atoms with van der Waals surface area (Å²) in [5.74, 6) is 5.98. The van der Waals surface area contributed by atoms with Crippen LogP contribution in [0.1, 0.15) is 33.6 Å². The van der Waals surface area contributed by atoms with Gasteiger partial charge < -0.3 is 15.4 Å². The molecule has 4 nitrogen and oxygen atoms in total. The molecule has 16 heavy (non-hydrogen) atoms. The van der Waals surface area contributed by atoms with E-state index in [0.29, 0.717) is 13.0 Å². The van der Waals surface area contributed by atoms with Crippen LogP contribution in [0.4, 0.5) is 4.79 Å². The molecule has 0 bridgehead atoms. The molecule has 2 N–H and O–H groups in total. The predicted molar refractivity (Wildman–Crippen MR) is 65.2 cm³/mol. The van der Waals surface area contributed by atoms with E-state index in [9.17, 15) is 4.79 Å². The van der Waals surface area contributed by atoms with Crippen molar-refractivity contribution in [3.05, 3.63) is 0 Å². The third kappa shape index (κ3) is 10.9. The van der Waals surface area contributed by atoms with Crippen LogP contribution in [0.5, 0.6) is 0 Å². The fraction of sp³-hybridized carbons (Fsp3) is 0.750. The van der Waals surface area contributed by atoms with Crippen molar-refractivity contribution >= 4 is 6.09 Å². The maximum atomic E-state index is 11.2. The van der Waals surface area contributed by atoms with Crippen molar-refractivity contribution < 1.29 is 9.53 Å². The summed E-state index contributed by atoms with van der Waals surface area (Å²) in [6.07, 6.45) is 1.11. The maximum Gasteiger partial charge on any atom is 0.407 e. The summed E-state index contributed by atoms with van der Waals surface area (Å²) < 4.78 is 5.07. The second-order valence-electron chi connectivity index (χ2n) is 4.39. The van der Waals surface area contributed by atoms with E-state index in [1.807, 2.05) is 27.8 Å². The van der Waals surface area contributed by atoms with Crippen LogP contribution in [0, 0.1) is 11.8 Å². The average molecular weight is 226 g/mol. The van der Waals surface area contributed by atoms with Crippen LogP contribution < -0.4 is 10.6 Å². The summed E-state index contributed by atoms with van der Waals surface area (Å²) in [6.45, 7) is 6.94. The molecule has 0 unspecified atom stereocenters. The van der Waals surface area contributed by atoms with Crippen molar-refractivity contribution in [3.8, 4) is 11.8 Å². The molecule has 0 aromatic heterocycles. The van der Waals surface area contributed by atoms with E-state index < -0.39 is 5.60 Å². The van der Waals surface area contributed by atoms with Gasteiger partial charge in [0.1, 0.15) is 5.60 Å². The van der Waals surface area contributed by atoms with Crippen molar-refractivity contribution in [2.45, 2.75) is 39.2 Å². The van der Waals surface area contributed by atoms with Crippen molar-refractivity contribution in [2.75, 3.05) is 20.1 Å². The average Bonchev–Trinajstić information content (AvgIpc) is 2.13. The molecule has 1 amide bonds. The van der Waals surface area contributed by atoms with Gasteiger partial charge in [-0.2, -0.15) is 0 Å². The molecule has 0 radical (unpaired) electrons. The molecule has 0 heterocycles. The molecule has 0 aliphatic heterocycles. The summed E-state index contributed by atoms with van der Waals surface area (Å²) in [5, 5.41) is 5.66. The van der Waals surface area contributed by atoms with Gasteiger partial charge in [-0.05, 0) is 27.8 Å². The first kappa shape index (κ1) is 14.8. The Bertz CT molecular complexity index is 258. The highest BCUT2D eigenvalue weighted by atomic mass is 16.6. The lowest BCUT2D eigenvalue weighted by Crippen LogP contribution is -2.32. The number of amides is 1. The molecule has 0 atom stereocenters. The standard InChI is InChI=1S/C12H22N2O2/c1-12(2,3)16-11(15)14-10-8-6-5-7-9-13-4/h13H,7-10H2,1-4H3,(H,14,15). The maximum absolute atomic E-state index is 11.2. The number of alkyl carbamates (subject to hydrolysis) is 1. The van der Waals surface area contributed by atoms with Gasteiger partial charge in [-0.1, -0.05) is 0 Å². The number of hydrogen-bond donors (Lipinski definition) is 2. The Kier molecular flexibility index (Phi) is 7.40. The van der Waals surface area contributed by atoms with Crippen LogP contribution in [-0.4, -0.2) is 31.8 Å². The number of carbonyl (C=O) groups is 1. The zero-order valence-corrected chi connectivity index (χ0v) is 10.6. The molecule has 0 saturated carbocycles. The van der Waals surface area contributed by atoms with E-state index in [2.05, 4.69) is 22.5 Å². The summed E-state index contributed by atoms with van der Waals surface area (Å²) >= 11 is 0. The molecule has 4 heteroatoms. The fourth-order valence-corrected chi connectivity index (χ4v) is 0.906. The zero-order chi connectivity index (χ0) is 12.4. The van der Waals surface area contributed by atoms with Gasteiger partial charge >= 0.3 is 6.09 Å². The smallest absolute Gasteiger partial charge is 0.407 e. The molecule has 0 fully saturated rings. The first-order chi connectivity index (χ1) is 7.45. The van der Waals surface area contributed by atoms with Crippen molar-refractivity contribution in [3.63, 3.8) is 0 Å². The van der Waals surface area contributed by atoms with Gasteiger partial charge in [0.15, 0.2) is 0 Å². The summed E-state index contributed by atoms with van der Waals surface area (Å²) in [5.41, 5.74) is -0.442. The quantitative estimate of drug-likeness (QED) is 0.564. The molecule has 0 aliphatic rings. The van der Waals surface area contributed by atoms with E-state index in [0.717, 1.165) is 13.0 Å². The van der Waals surface area contributed by atoms with Crippen molar-refractivity contribution in [2.24, 2.45) is 0 Å². The lowest BCUT2D eigenvalue weighted by molar-refractivity contribution is 0.0529. The van der Waals surface area contributed by atoms with Gasteiger partial charge in [-0.15, -0.1) is 11.8 Å². The van der Waals surface area contributed by atoms with E-state index in [-0.39, 0.29) is 6.09 Å². The van der Waals surface area contributed by atoms with Crippen molar-refractivity contribution in [1.29, 1.82) is 0 Å².